The molecule has 37 heavy (non-hydrogen) atoms. The number of carbonyl (C=O) groups excluding carboxylic acids is 2. The number of amides is 2. The molecule has 2 aliphatic rings. The van der Waals surface area contributed by atoms with E-state index in [1.165, 1.54) is 17.5 Å². The van der Waals surface area contributed by atoms with Gasteiger partial charge in [0.1, 0.15) is 0 Å². The van der Waals surface area contributed by atoms with Gasteiger partial charge in [-0.2, -0.15) is 0 Å². The molecular weight excluding hydrogens is 484 g/mol. The molecule has 0 spiro atoms. The quantitative estimate of drug-likeness (QED) is 0.375. The summed E-state index contributed by atoms with van der Waals surface area (Å²) in [4.78, 5) is 35.2. The van der Waals surface area contributed by atoms with E-state index in [9.17, 15) is 9.59 Å². The van der Waals surface area contributed by atoms with E-state index in [-0.39, 0.29) is 23.0 Å². The predicted molar refractivity (Wildman–Crippen MR) is 149 cm³/mol. The van der Waals surface area contributed by atoms with E-state index >= 15 is 0 Å². The van der Waals surface area contributed by atoms with E-state index in [0.717, 1.165) is 41.8 Å². The summed E-state index contributed by atoms with van der Waals surface area (Å²) in [6.45, 7) is 8.85. The standard InChI is InChI=1S/C28H36N6O2S/c1-27(2)15-20(16-28(3,4)34-27)32-26-30-13-12-21(33-26)22-10-11-23(37-22)25(36)31-17-19(24(29)35)14-18-8-6-5-7-9-18/h5-6,8,10-13,17,20,34H,7,9,14-16H2,1-4H3,(H2,29,35)(H,31,36)(H,30,32,33)/b19-17+. The highest BCUT2D eigenvalue weighted by atomic mass is 32.1. The lowest BCUT2D eigenvalue weighted by molar-refractivity contribution is -0.114. The highest BCUT2D eigenvalue weighted by Crippen LogP contribution is 2.31. The van der Waals surface area contributed by atoms with E-state index in [1.807, 2.05) is 24.3 Å². The number of rotatable bonds is 8. The summed E-state index contributed by atoms with van der Waals surface area (Å²) in [5.41, 5.74) is 7.82. The van der Waals surface area contributed by atoms with Crippen molar-refractivity contribution >= 4 is 29.1 Å². The van der Waals surface area contributed by atoms with E-state index in [0.29, 0.717) is 22.8 Å². The van der Waals surface area contributed by atoms with E-state index in [2.05, 4.69) is 54.7 Å². The van der Waals surface area contributed by atoms with Crippen LogP contribution in [0.2, 0.25) is 0 Å². The molecule has 1 fully saturated rings. The Bertz CT molecular complexity index is 1240. The van der Waals surface area contributed by atoms with Crippen LogP contribution < -0.4 is 21.7 Å². The summed E-state index contributed by atoms with van der Waals surface area (Å²) >= 11 is 1.34. The van der Waals surface area contributed by atoms with Crippen LogP contribution in [0.5, 0.6) is 0 Å². The van der Waals surface area contributed by atoms with E-state index < -0.39 is 5.91 Å². The molecular formula is C28H36N6O2S. The largest absolute Gasteiger partial charge is 0.366 e. The summed E-state index contributed by atoms with van der Waals surface area (Å²) in [6.07, 6.45) is 13.4. The summed E-state index contributed by atoms with van der Waals surface area (Å²) < 4.78 is 0. The number of thiophene rings is 1. The van der Waals surface area contributed by atoms with Crippen LogP contribution >= 0.6 is 11.3 Å². The van der Waals surface area contributed by atoms with E-state index in [1.54, 1.807) is 12.3 Å². The second-order valence-electron chi connectivity index (χ2n) is 11.0. The fourth-order valence-corrected chi connectivity index (χ4v) is 6.13. The first-order valence-electron chi connectivity index (χ1n) is 12.6. The van der Waals surface area contributed by atoms with Crippen LogP contribution in [0.1, 0.15) is 69.5 Å². The Morgan fingerprint density at radius 1 is 1.19 bits per heavy atom. The molecule has 2 amide bonds. The number of hydrogen-bond donors (Lipinski definition) is 4. The van der Waals surface area contributed by atoms with Gasteiger partial charge >= 0.3 is 0 Å². The molecule has 0 radical (unpaired) electrons. The van der Waals surface area contributed by atoms with Crippen molar-refractivity contribution < 1.29 is 9.59 Å². The molecule has 196 valence electrons. The number of aromatic nitrogens is 2. The molecule has 0 saturated carbocycles. The molecule has 1 saturated heterocycles. The Morgan fingerprint density at radius 3 is 2.62 bits per heavy atom. The van der Waals surface area contributed by atoms with Gasteiger partial charge in [-0.3, -0.25) is 9.59 Å². The maximum absolute atomic E-state index is 12.8. The second kappa shape index (κ2) is 11.0. The van der Waals surface area contributed by atoms with Crippen molar-refractivity contribution in [2.75, 3.05) is 5.32 Å². The fourth-order valence-electron chi connectivity index (χ4n) is 5.25. The van der Waals surface area contributed by atoms with Gasteiger partial charge in [-0.15, -0.1) is 11.3 Å². The lowest BCUT2D eigenvalue weighted by Crippen LogP contribution is -2.60. The Kier molecular flexibility index (Phi) is 7.94. The number of primary amides is 1. The number of carbonyl (C=O) groups is 2. The summed E-state index contributed by atoms with van der Waals surface area (Å²) in [6, 6.07) is 5.72. The second-order valence-corrected chi connectivity index (χ2v) is 12.1. The number of hydrogen-bond acceptors (Lipinski definition) is 7. The minimum absolute atomic E-state index is 0.0141. The first kappa shape index (κ1) is 26.8. The highest BCUT2D eigenvalue weighted by Gasteiger charge is 2.37. The Morgan fingerprint density at radius 2 is 1.95 bits per heavy atom. The fraction of sp³-hybridized carbons (Fsp3) is 0.429. The van der Waals surface area contributed by atoms with Crippen molar-refractivity contribution in [1.29, 1.82) is 0 Å². The number of anilines is 1. The smallest absolute Gasteiger partial charge is 0.265 e. The van der Waals surface area contributed by atoms with Crippen molar-refractivity contribution in [2.45, 2.75) is 76.9 Å². The highest BCUT2D eigenvalue weighted by molar-refractivity contribution is 7.17. The average Bonchev–Trinajstić information content (AvgIpc) is 3.31. The topological polar surface area (TPSA) is 122 Å². The molecule has 8 nitrogen and oxygen atoms in total. The summed E-state index contributed by atoms with van der Waals surface area (Å²) in [5.74, 6) is -0.250. The molecule has 0 atom stereocenters. The van der Waals surface area contributed by atoms with Crippen LogP contribution in [-0.4, -0.2) is 38.9 Å². The zero-order chi connectivity index (χ0) is 26.6. The molecule has 4 rings (SSSR count). The van der Waals surface area contributed by atoms with Crippen molar-refractivity contribution in [2.24, 2.45) is 5.73 Å². The van der Waals surface area contributed by atoms with Gasteiger partial charge in [-0.1, -0.05) is 23.8 Å². The number of piperidine rings is 1. The average molecular weight is 521 g/mol. The molecule has 5 N–H and O–H groups in total. The molecule has 1 aliphatic carbocycles. The van der Waals surface area contributed by atoms with Gasteiger partial charge in [-0.05, 0) is 71.6 Å². The number of nitrogens with two attached hydrogens (primary N) is 1. The van der Waals surface area contributed by atoms with Crippen LogP contribution in [-0.2, 0) is 4.79 Å². The summed E-state index contributed by atoms with van der Waals surface area (Å²) in [5, 5.41) is 9.93. The maximum Gasteiger partial charge on any atom is 0.265 e. The zero-order valence-electron chi connectivity index (χ0n) is 21.9. The van der Waals surface area contributed by atoms with Gasteiger partial charge < -0.3 is 21.7 Å². The Hall–Kier alpha value is -3.30. The van der Waals surface area contributed by atoms with Gasteiger partial charge in [0, 0.05) is 41.5 Å². The molecule has 1 aliphatic heterocycles. The SMILES string of the molecule is CC1(C)CC(Nc2nccc(-c3ccc(C(=O)N/C=C(\CC4=CC=CCC4)C(N)=O)s3)n2)CC(C)(C)N1. The maximum atomic E-state index is 12.8. The molecule has 0 unspecified atom stereocenters. The van der Waals surface area contributed by atoms with Crippen LogP contribution in [0.25, 0.3) is 10.6 Å². The van der Waals surface area contributed by atoms with Crippen molar-refractivity contribution in [3.8, 4) is 10.6 Å². The predicted octanol–water partition coefficient (Wildman–Crippen LogP) is 4.69. The molecule has 0 bridgehead atoms. The lowest BCUT2D eigenvalue weighted by atomic mass is 9.80. The van der Waals surface area contributed by atoms with Gasteiger partial charge in [-0.25, -0.2) is 9.97 Å². The number of allylic oxidation sites excluding steroid dienone is 4. The first-order valence-corrected chi connectivity index (χ1v) is 13.4. The Labute approximate surface area is 222 Å². The first-order chi connectivity index (χ1) is 17.5. The number of nitrogens with zero attached hydrogens (tertiary/aromatic N) is 2. The number of nitrogens with one attached hydrogen (secondary N) is 3. The van der Waals surface area contributed by atoms with Crippen molar-refractivity contribution in [3.63, 3.8) is 0 Å². The zero-order valence-corrected chi connectivity index (χ0v) is 22.7. The molecule has 2 aromatic rings. The van der Waals surface area contributed by atoms with Gasteiger partial charge in [0.25, 0.3) is 5.91 Å². The molecule has 3 heterocycles. The molecule has 0 aromatic carbocycles. The van der Waals surface area contributed by atoms with Crippen LogP contribution in [0, 0.1) is 0 Å². The van der Waals surface area contributed by atoms with Crippen molar-refractivity contribution in [3.05, 3.63) is 64.8 Å². The lowest BCUT2D eigenvalue weighted by Gasteiger charge is -2.46. The monoisotopic (exact) mass is 520 g/mol. The van der Waals surface area contributed by atoms with Gasteiger partial charge in [0.2, 0.25) is 11.9 Å². The van der Waals surface area contributed by atoms with Crippen LogP contribution in [0.4, 0.5) is 5.95 Å². The van der Waals surface area contributed by atoms with Crippen LogP contribution in [0.15, 0.2) is 60.0 Å². The normalized spacial score (nSPS) is 19.2. The molecule has 2 aromatic heterocycles. The van der Waals surface area contributed by atoms with E-state index in [4.69, 9.17) is 10.7 Å². The third-order valence-corrected chi connectivity index (χ3v) is 7.58. The van der Waals surface area contributed by atoms with Gasteiger partial charge in [0.15, 0.2) is 0 Å². The minimum atomic E-state index is -0.538. The minimum Gasteiger partial charge on any atom is -0.366 e. The van der Waals surface area contributed by atoms with Crippen LogP contribution in [0.3, 0.4) is 0 Å². The third kappa shape index (κ3) is 7.36. The Balaban J connectivity index is 1.42. The van der Waals surface area contributed by atoms with Crippen molar-refractivity contribution in [1.82, 2.24) is 20.6 Å². The molecule has 9 heteroatoms. The third-order valence-electron chi connectivity index (χ3n) is 6.47. The van der Waals surface area contributed by atoms with Gasteiger partial charge in [0.05, 0.1) is 15.4 Å². The summed E-state index contributed by atoms with van der Waals surface area (Å²) in [7, 11) is 0.